The first kappa shape index (κ1) is 11.1. The molecule has 86 valence electrons. The van der Waals surface area contributed by atoms with Crippen LogP contribution in [0, 0.1) is 0 Å². The first-order valence-corrected chi connectivity index (χ1v) is 5.00. The Kier molecular flexibility index (Phi) is 2.74. The van der Waals surface area contributed by atoms with Crippen molar-refractivity contribution in [2.45, 2.75) is 0 Å². The topological polar surface area (TPSA) is 66.5 Å². The fraction of sp³-hybridized carbons (Fsp3) is 0.0833. The van der Waals surface area contributed by atoms with Gasteiger partial charge in [-0.15, -0.1) is 0 Å². The molecule has 0 radical (unpaired) electrons. The number of imide groups is 1. The summed E-state index contributed by atoms with van der Waals surface area (Å²) in [6, 6.07) is 6.56. The monoisotopic (exact) mass is 230 g/mol. The first-order valence-electron chi connectivity index (χ1n) is 5.00. The van der Waals surface area contributed by atoms with E-state index in [-0.39, 0.29) is 6.67 Å². The van der Waals surface area contributed by atoms with Crippen LogP contribution in [0.1, 0.15) is 20.7 Å². The number of nitrogens with one attached hydrogen (secondary N) is 1. The highest BCUT2D eigenvalue weighted by molar-refractivity contribution is 6.21. The molecule has 0 spiro atoms. The van der Waals surface area contributed by atoms with Crippen molar-refractivity contribution in [3.8, 4) is 0 Å². The van der Waals surface area contributed by atoms with Gasteiger partial charge in [-0.1, -0.05) is 18.7 Å². The van der Waals surface area contributed by atoms with E-state index in [2.05, 4.69) is 11.9 Å². The summed E-state index contributed by atoms with van der Waals surface area (Å²) in [5.41, 5.74) is 0.732. The lowest BCUT2D eigenvalue weighted by atomic mass is 10.1. The van der Waals surface area contributed by atoms with Crippen molar-refractivity contribution >= 4 is 17.7 Å². The van der Waals surface area contributed by atoms with Crippen molar-refractivity contribution in [3.05, 3.63) is 48.0 Å². The van der Waals surface area contributed by atoms with Crippen LogP contribution < -0.4 is 5.32 Å². The number of carbonyl (C=O) groups is 3. The molecular formula is C12H10N2O3. The molecule has 1 aromatic rings. The van der Waals surface area contributed by atoms with Gasteiger partial charge in [-0.05, 0) is 18.2 Å². The van der Waals surface area contributed by atoms with Gasteiger partial charge in [-0.25, -0.2) is 0 Å². The molecule has 5 heteroatoms. The van der Waals surface area contributed by atoms with Crippen LogP contribution in [0.25, 0.3) is 0 Å². The van der Waals surface area contributed by atoms with Gasteiger partial charge >= 0.3 is 0 Å². The van der Waals surface area contributed by atoms with Crippen LogP contribution in [-0.4, -0.2) is 29.3 Å². The Hall–Kier alpha value is -2.43. The van der Waals surface area contributed by atoms with E-state index in [4.69, 9.17) is 0 Å². The summed E-state index contributed by atoms with van der Waals surface area (Å²) in [7, 11) is 0. The minimum absolute atomic E-state index is 0.142. The van der Waals surface area contributed by atoms with Crippen LogP contribution in [0.15, 0.2) is 36.9 Å². The highest BCUT2D eigenvalue weighted by Gasteiger charge is 2.34. The van der Waals surface area contributed by atoms with Crippen LogP contribution >= 0.6 is 0 Å². The molecule has 0 aliphatic carbocycles. The van der Waals surface area contributed by atoms with E-state index in [1.807, 2.05) is 0 Å². The molecular weight excluding hydrogens is 220 g/mol. The Labute approximate surface area is 97.7 Å². The zero-order valence-corrected chi connectivity index (χ0v) is 8.97. The largest absolute Gasteiger partial charge is 0.334 e. The Balaban J connectivity index is 2.19. The van der Waals surface area contributed by atoms with Gasteiger partial charge in [0.2, 0.25) is 5.91 Å². The second kappa shape index (κ2) is 4.21. The Morgan fingerprint density at radius 1 is 1.24 bits per heavy atom. The second-order valence-corrected chi connectivity index (χ2v) is 3.49. The average Bonchev–Trinajstić information content (AvgIpc) is 2.60. The summed E-state index contributed by atoms with van der Waals surface area (Å²) in [5.74, 6) is -1.22. The van der Waals surface area contributed by atoms with Gasteiger partial charge < -0.3 is 5.32 Å². The number of amides is 3. The lowest BCUT2D eigenvalue weighted by molar-refractivity contribution is -0.116. The SMILES string of the molecule is C=CC(=O)NCN1C(=O)c2ccccc2C1=O. The van der Waals surface area contributed by atoms with Gasteiger partial charge in [0.1, 0.15) is 6.67 Å². The minimum Gasteiger partial charge on any atom is -0.334 e. The third-order valence-corrected chi connectivity index (χ3v) is 2.47. The number of hydrogen-bond donors (Lipinski definition) is 1. The third-order valence-electron chi connectivity index (χ3n) is 2.47. The molecule has 0 saturated carbocycles. The maximum atomic E-state index is 11.8. The van der Waals surface area contributed by atoms with Gasteiger partial charge in [0.15, 0.2) is 0 Å². The van der Waals surface area contributed by atoms with E-state index < -0.39 is 17.7 Å². The van der Waals surface area contributed by atoms with Crippen molar-refractivity contribution < 1.29 is 14.4 Å². The zero-order chi connectivity index (χ0) is 12.4. The summed E-state index contributed by atoms with van der Waals surface area (Å²) < 4.78 is 0. The second-order valence-electron chi connectivity index (χ2n) is 3.49. The lowest BCUT2D eigenvalue weighted by Crippen LogP contribution is -2.40. The van der Waals surface area contributed by atoms with E-state index >= 15 is 0 Å². The highest BCUT2D eigenvalue weighted by atomic mass is 16.2. The molecule has 1 aliphatic rings. The predicted octanol–water partition coefficient (Wildman–Crippen LogP) is 0.542. The van der Waals surface area contributed by atoms with E-state index in [0.717, 1.165) is 11.0 Å². The number of carbonyl (C=O) groups excluding carboxylic acids is 3. The molecule has 0 bridgehead atoms. The Bertz CT molecular complexity index is 487. The van der Waals surface area contributed by atoms with Crippen molar-refractivity contribution in [3.63, 3.8) is 0 Å². The number of rotatable bonds is 3. The van der Waals surface area contributed by atoms with E-state index in [1.165, 1.54) is 0 Å². The van der Waals surface area contributed by atoms with E-state index in [1.54, 1.807) is 24.3 Å². The zero-order valence-electron chi connectivity index (χ0n) is 8.97. The predicted molar refractivity (Wildman–Crippen MR) is 60.1 cm³/mol. The molecule has 1 heterocycles. The number of hydrogen-bond acceptors (Lipinski definition) is 3. The van der Waals surface area contributed by atoms with Gasteiger partial charge in [0.25, 0.3) is 11.8 Å². The Morgan fingerprint density at radius 3 is 2.24 bits per heavy atom. The average molecular weight is 230 g/mol. The van der Waals surface area contributed by atoms with Crippen molar-refractivity contribution in [1.29, 1.82) is 0 Å². The van der Waals surface area contributed by atoms with Crippen LogP contribution in [0.5, 0.6) is 0 Å². The van der Waals surface area contributed by atoms with Crippen molar-refractivity contribution in [2.75, 3.05) is 6.67 Å². The van der Waals surface area contributed by atoms with Crippen LogP contribution in [0.3, 0.4) is 0 Å². The number of fused-ring (bicyclic) bond motifs is 1. The molecule has 0 unspecified atom stereocenters. The summed E-state index contributed by atoms with van der Waals surface area (Å²) >= 11 is 0. The molecule has 1 aliphatic heterocycles. The lowest BCUT2D eigenvalue weighted by Gasteiger charge is -2.13. The van der Waals surface area contributed by atoms with Gasteiger partial charge in [-0.2, -0.15) is 0 Å². The molecule has 0 atom stereocenters. The van der Waals surface area contributed by atoms with Crippen LogP contribution in [-0.2, 0) is 4.79 Å². The van der Waals surface area contributed by atoms with Gasteiger partial charge in [0.05, 0.1) is 11.1 Å². The van der Waals surface area contributed by atoms with Crippen molar-refractivity contribution in [1.82, 2.24) is 10.2 Å². The fourth-order valence-electron chi connectivity index (χ4n) is 1.61. The molecule has 1 N–H and O–H groups in total. The first-order chi connectivity index (χ1) is 8.15. The number of benzene rings is 1. The smallest absolute Gasteiger partial charge is 0.263 e. The standard InChI is InChI=1S/C12H10N2O3/c1-2-10(15)13-7-14-11(16)8-5-3-4-6-9(8)12(14)17/h2-6H,1,7H2,(H,13,15). The van der Waals surface area contributed by atoms with E-state index in [9.17, 15) is 14.4 Å². The molecule has 1 aromatic carbocycles. The highest BCUT2D eigenvalue weighted by Crippen LogP contribution is 2.21. The Morgan fingerprint density at radius 2 is 1.76 bits per heavy atom. The summed E-state index contributed by atoms with van der Waals surface area (Å²) in [4.78, 5) is 35.6. The quantitative estimate of drug-likeness (QED) is 0.609. The van der Waals surface area contributed by atoms with Gasteiger partial charge in [0, 0.05) is 0 Å². The van der Waals surface area contributed by atoms with Crippen molar-refractivity contribution in [2.24, 2.45) is 0 Å². The summed E-state index contributed by atoms with van der Waals surface area (Å²) in [5, 5.41) is 2.40. The summed E-state index contributed by atoms with van der Waals surface area (Å²) in [6.45, 7) is 3.14. The summed E-state index contributed by atoms with van der Waals surface area (Å²) in [6.07, 6.45) is 1.08. The maximum Gasteiger partial charge on any atom is 0.263 e. The molecule has 0 saturated heterocycles. The van der Waals surface area contributed by atoms with Gasteiger partial charge in [-0.3, -0.25) is 19.3 Å². The molecule has 0 fully saturated rings. The molecule has 3 amide bonds. The minimum atomic E-state index is -0.429. The fourth-order valence-corrected chi connectivity index (χ4v) is 1.61. The molecule has 2 rings (SSSR count). The number of nitrogens with zero attached hydrogens (tertiary/aromatic N) is 1. The normalized spacial score (nSPS) is 13.5. The molecule has 0 aromatic heterocycles. The third kappa shape index (κ3) is 1.82. The van der Waals surface area contributed by atoms with E-state index in [0.29, 0.717) is 11.1 Å². The van der Waals surface area contributed by atoms with Crippen LogP contribution in [0.4, 0.5) is 0 Å². The molecule has 5 nitrogen and oxygen atoms in total. The molecule has 17 heavy (non-hydrogen) atoms. The maximum absolute atomic E-state index is 11.8. The van der Waals surface area contributed by atoms with Crippen LogP contribution in [0.2, 0.25) is 0 Å².